The van der Waals surface area contributed by atoms with Crippen molar-refractivity contribution in [2.45, 2.75) is 46.0 Å². The van der Waals surface area contributed by atoms with E-state index in [4.69, 9.17) is 4.74 Å². The average Bonchev–Trinajstić information content (AvgIpc) is 3.00. The minimum Gasteiger partial charge on any atom is -0.489 e. The molecule has 202 valence electrons. The molecule has 5 aromatic carbocycles. The molecular weight excluding hydrogens is 545 g/mol. The molecule has 1 aliphatic rings. The first-order valence-corrected chi connectivity index (χ1v) is 15.2. The zero-order valence-electron chi connectivity index (χ0n) is 22.8. The lowest BCUT2D eigenvalue weighted by atomic mass is 9.84. The molecule has 0 atom stereocenters. The second-order valence-electron chi connectivity index (χ2n) is 10.2. The van der Waals surface area contributed by atoms with Crippen LogP contribution < -0.4 is 4.74 Å². The van der Waals surface area contributed by atoms with Crippen LogP contribution in [0, 0.1) is 0 Å². The van der Waals surface area contributed by atoms with Gasteiger partial charge in [0.15, 0.2) is 11.6 Å². The molecule has 6 rings (SSSR count). The SMILES string of the molecule is CC(C)c1ccc(Sc2cccc3c2C(=O)c2cccc(Sc4ccc(OCc5ccccc5)cc4)c2C3=O)cc1. The van der Waals surface area contributed by atoms with Crippen LogP contribution >= 0.6 is 23.5 Å². The smallest absolute Gasteiger partial charge is 0.195 e. The molecule has 5 heteroatoms. The molecule has 0 radical (unpaired) electrons. The first-order valence-electron chi connectivity index (χ1n) is 13.6. The summed E-state index contributed by atoms with van der Waals surface area (Å²) in [6, 6.07) is 37.4. The highest BCUT2D eigenvalue weighted by Gasteiger charge is 2.33. The first kappa shape index (κ1) is 27.1. The Morgan fingerprint density at radius 3 is 1.61 bits per heavy atom. The van der Waals surface area contributed by atoms with E-state index >= 15 is 0 Å². The number of benzene rings is 5. The number of hydrogen-bond donors (Lipinski definition) is 0. The van der Waals surface area contributed by atoms with Crippen LogP contribution in [0.5, 0.6) is 5.75 Å². The fourth-order valence-corrected chi connectivity index (χ4v) is 6.82. The Labute approximate surface area is 249 Å². The quantitative estimate of drug-likeness (QED) is 0.182. The number of ether oxygens (including phenoxy) is 1. The highest BCUT2D eigenvalue weighted by atomic mass is 32.2. The monoisotopic (exact) mass is 572 g/mol. The van der Waals surface area contributed by atoms with Gasteiger partial charge in [0.2, 0.25) is 0 Å². The largest absolute Gasteiger partial charge is 0.489 e. The predicted octanol–water partition coefficient (Wildman–Crippen LogP) is 9.47. The van der Waals surface area contributed by atoms with Crippen molar-refractivity contribution in [1.82, 2.24) is 0 Å². The Bertz CT molecular complexity index is 1720. The Kier molecular flexibility index (Phi) is 7.82. The van der Waals surface area contributed by atoms with Gasteiger partial charge in [0, 0.05) is 41.8 Å². The van der Waals surface area contributed by atoms with Crippen molar-refractivity contribution in [2.75, 3.05) is 0 Å². The lowest BCUT2D eigenvalue weighted by Crippen LogP contribution is -2.22. The van der Waals surface area contributed by atoms with E-state index in [1.165, 1.54) is 29.1 Å². The number of carbonyl (C=O) groups excluding carboxylic acids is 2. The molecule has 0 saturated heterocycles. The maximum Gasteiger partial charge on any atom is 0.195 e. The molecule has 0 bridgehead atoms. The van der Waals surface area contributed by atoms with Gasteiger partial charge in [0.25, 0.3) is 0 Å². The molecule has 0 fully saturated rings. The molecule has 0 heterocycles. The van der Waals surface area contributed by atoms with Crippen LogP contribution in [-0.2, 0) is 6.61 Å². The first-order chi connectivity index (χ1) is 20.0. The fourth-order valence-electron chi connectivity index (χ4n) is 4.87. The third kappa shape index (κ3) is 5.74. The summed E-state index contributed by atoms with van der Waals surface area (Å²) in [6.45, 7) is 4.83. The van der Waals surface area contributed by atoms with Gasteiger partial charge in [-0.25, -0.2) is 0 Å². The summed E-state index contributed by atoms with van der Waals surface area (Å²) < 4.78 is 5.92. The molecule has 0 aromatic heterocycles. The summed E-state index contributed by atoms with van der Waals surface area (Å²) in [5.41, 5.74) is 4.26. The maximum absolute atomic E-state index is 13.9. The van der Waals surface area contributed by atoms with Crippen molar-refractivity contribution in [3.8, 4) is 5.75 Å². The number of ketones is 2. The lowest BCUT2D eigenvalue weighted by molar-refractivity contribution is 0.0974. The number of fused-ring (bicyclic) bond motifs is 2. The summed E-state index contributed by atoms with van der Waals surface area (Å²) in [5.74, 6) is 1.01. The van der Waals surface area contributed by atoms with E-state index in [9.17, 15) is 9.59 Å². The average molecular weight is 573 g/mol. The van der Waals surface area contributed by atoms with E-state index in [2.05, 4.69) is 38.1 Å². The molecule has 0 unspecified atom stereocenters. The summed E-state index contributed by atoms with van der Waals surface area (Å²) in [4.78, 5) is 31.3. The van der Waals surface area contributed by atoms with Crippen molar-refractivity contribution in [2.24, 2.45) is 0 Å². The van der Waals surface area contributed by atoms with Gasteiger partial charge < -0.3 is 4.74 Å². The summed E-state index contributed by atoms with van der Waals surface area (Å²) in [5, 5.41) is 0. The van der Waals surface area contributed by atoms with Gasteiger partial charge >= 0.3 is 0 Å². The van der Waals surface area contributed by atoms with Gasteiger partial charge in [-0.3, -0.25) is 9.59 Å². The summed E-state index contributed by atoms with van der Waals surface area (Å²) in [7, 11) is 0. The normalized spacial score (nSPS) is 12.3. The minimum atomic E-state index is -0.113. The molecule has 0 aliphatic heterocycles. The number of rotatable bonds is 8. The Morgan fingerprint density at radius 1 is 0.585 bits per heavy atom. The van der Waals surface area contributed by atoms with Crippen molar-refractivity contribution < 1.29 is 14.3 Å². The second kappa shape index (κ2) is 11.8. The summed E-state index contributed by atoms with van der Waals surface area (Å²) in [6.07, 6.45) is 0. The third-order valence-electron chi connectivity index (χ3n) is 7.07. The van der Waals surface area contributed by atoms with Gasteiger partial charge in [-0.15, -0.1) is 0 Å². The van der Waals surface area contributed by atoms with E-state index in [1.807, 2.05) is 78.9 Å². The third-order valence-corrected chi connectivity index (χ3v) is 9.21. The molecule has 41 heavy (non-hydrogen) atoms. The Morgan fingerprint density at radius 2 is 1.10 bits per heavy atom. The number of carbonyl (C=O) groups is 2. The molecule has 0 saturated carbocycles. The van der Waals surface area contributed by atoms with Gasteiger partial charge in [-0.05, 0) is 65.6 Å². The van der Waals surface area contributed by atoms with E-state index < -0.39 is 0 Å². The van der Waals surface area contributed by atoms with Gasteiger partial charge in [0.05, 0.1) is 0 Å². The molecule has 1 aliphatic carbocycles. The highest BCUT2D eigenvalue weighted by molar-refractivity contribution is 7.99. The van der Waals surface area contributed by atoms with Crippen molar-refractivity contribution in [3.63, 3.8) is 0 Å². The predicted molar refractivity (Wildman–Crippen MR) is 166 cm³/mol. The van der Waals surface area contributed by atoms with Crippen LogP contribution in [0.3, 0.4) is 0 Å². The molecule has 0 N–H and O–H groups in total. The van der Waals surface area contributed by atoms with Crippen molar-refractivity contribution >= 4 is 35.1 Å². The van der Waals surface area contributed by atoms with Crippen molar-refractivity contribution in [3.05, 3.63) is 149 Å². The second-order valence-corrected chi connectivity index (χ2v) is 12.4. The van der Waals surface area contributed by atoms with E-state index in [1.54, 1.807) is 12.1 Å². The van der Waals surface area contributed by atoms with Crippen LogP contribution in [0.25, 0.3) is 0 Å². The summed E-state index contributed by atoms with van der Waals surface area (Å²) >= 11 is 3.01. The van der Waals surface area contributed by atoms with Gasteiger partial charge in [-0.2, -0.15) is 0 Å². The number of hydrogen-bond acceptors (Lipinski definition) is 5. The van der Waals surface area contributed by atoms with E-state index in [0.717, 1.165) is 30.9 Å². The zero-order valence-corrected chi connectivity index (χ0v) is 24.4. The maximum atomic E-state index is 13.9. The Balaban J connectivity index is 1.24. The van der Waals surface area contributed by atoms with Crippen LogP contribution in [-0.4, -0.2) is 11.6 Å². The fraction of sp³-hybridized carbons (Fsp3) is 0.111. The molecular formula is C36H28O3S2. The molecule has 5 aromatic rings. The van der Waals surface area contributed by atoms with Crippen molar-refractivity contribution in [1.29, 1.82) is 0 Å². The zero-order chi connectivity index (χ0) is 28.3. The molecule has 3 nitrogen and oxygen atoms in total. The molecule has 0 amide bonds. The lowest BCUT2D eigenvalue weighted by Gasteiger charge is -2.22. The van der Waals surface area contributed by atoms with Crippen LogP contribution in [0.1, 0.15) is 62.7 Å². The van der Waals surface area contributed by atoms with E-state index in [0.29, 0.717) is 34.8 Å². The van der Waals surface area contributed by atoms with Crippen LogP contribution in [0.15, 0.2) is 135 Å². The van der Waals surface area contributed by atoms with E-state index in [-0.39, 0.29) is 11.6 Å². The highest BCUT2D eigenvalue weighted by Crippen LogP contribution is 2.41. The van der Waals surface area contributed by atoms with Crippen LogP contribution in [0.2, 0.25) is 0 Å². The topological polar surface area (TPSA) is 43.4 Å². The Hall–Kier alpha value is -4.06. The van der Waals surface area contributed by atoms with Gasteiger partial charge in [-0.1, -0.05) is 104 Å². The van der Waals surface area contributed by atoms with Gasteiger partial charge in [0.1, 0.15) is 12.4 Å². The minimum absolute atomic E-state index is 0.108. The standard InChI is InChI=1S/C36H28O3S2/c1-23(2)25-14-18-27(19-15-25)40-31-12-6-10-29-33(31)35(37)30-11-7-13-32(34(30)36(29)38)41-28-20-16-26(17-21-28)39-22-24-8-4-3-5-9-24/h3-21,23H,22H2,1-2H3. The molecule has 0 spiro atoms. The van der Waals surface area contributed by atoms with Crippen LogP contribution in [0.4, 0.5) is 0 Å².